The number of nitrogens with one attached hydrogen (secondary N) is 1. The molecule has 6 nitrogen and oxygen atoms in total. The first kappa shape index (κ1) is 18.6. The van der Waals surface area contributed by atoms with E-state index in [1.165, 1.54) is 5.56 Å². The number of ether oxygens (including phenoxy) is 2. The van der Waals surface area contributed by atoms with Crippen molar-refractivity contribution in [3.05, 3.63) is 60.4 Å². The highest BCUT2D eigenvalue weighted by Gasteiger charge is 2.62. The Morgan fingerprint density at radius 2 is 2.07 bits per heavy atom. The average molecular weight is 393 g/mol. The van der Waals surface area contributed by atoms with Crippen molar-refractivity contribution in [1.82, 2.24) is 15.2 Å². The van der Waals surface area contributed by atoms with Crippen molar-refractivity contribution in [3.63, 3.8) is 0 Å². The number of carbonyl (C=O) groups is 1. The number of pyridine rings is 1. The van der Waals surface area contributed by atoms with Gasteiger partial charge in [0.25, 0.3) is 5.91 Å². The van der Waals surface area contributed by atoms with Crippen LogP contribution in [0.2, 0.25) is 0 Å². The van der Waals surface area contributed by atoms with Crippen LogP contribution in [0.25, 0.3) is 0 Å². The first-order valence-electron chi connectivity index (χ1n) is 10.5. The number of para-hydroxylation sites is 1. The fourth-order valence-corrected chi connectivity index (χ4v) is 5.37. The number of rotatable bonds is 7. The highest BCUT2D eigenvalue weighted by Crippen LogP contribution is 2.54. The van der Waals surface area contributed by atoms with Crippen molar-refractivity contribution in [2.24, 2.45) is 11.8 Å². The van der Waals surface area contributed by atoms with Gasteiger partial charge >= 0.3 is 0 Å². The van der Waals surface area contributed by atoms with Gasteiger partial charge in [-0.05, 0) is 42.7 Å². The molecule has 4 atom stereocenters. The van der Waals surface area contributed by atoms with Crippen molar-refractivity contribution in [3.8, 4) is 5.75 Å². The van der Waals surface area contributed by atoms with Gasteiger partial charge in [0.1, 0.15) is 5.75 Å². The standard InChI is InChI=1S/C23H27N3O3/c27-22(15-28-18-4-2-1-3-5-18)25-12-19-20-14-26(13-17-7-10-24-11-8-17)16-23(20)9-6-21(19)29-23/h1-5,7-8,10-11,19-21H,6,9,12-16H2,(H,25,27)/t19-,20+,21+,23+/m0/s1. The Labute approximate surface area is 171 Å². The smallest absolute Gasteiger partial charge is 0.257 e. The molecule has 3 aliphatic rings. The molecule has 4 heterocycles. The first-order chi connectivity index (χ1) is 14.2. The van der Waals surface area contributed by atoms with Crippen LogP contribution in [-0.4, -0.2) is 53.7 Å². The van der Waals surface area contributed by atoms with Gasteiger partial charge in [0.15, 0.2) is 6.61 Å². The minimum absolute atomic E-state index is 0.0202. The summed E-state index contributed by atoms with van der Waals surface area (Å²) < 4.78 is 12.0. The second-order valence-electron chi connectivity index (χ2n) is 8.46. The Kier molecular flexibility index (Phi) is 4.97. The number of fused-ring (bicyclic) bond motifs is 1. The molecular formula is C23H27N3O3. The molecule has 6 heteroatoms. The summed E-state index contributed by atoms with van der Waals surface area (Å²) in [6.45, 7) is 3.65. The third kappa shape index (κ3) is 3.74. The highest BCUT2D eigenvalue weighted by molar-refractivity contribution is 5.77. The molecule has 1 amide bonds. The topological polar surface area (TPSA) is 63.7 Å². The second kappa shape index (κ2) is 7.76. The maximum Gasteiger partial charge on any atom is 0.257 e. The van der Waals surface area contributed by atoms with Gasteiger partial charge in [0, 0.05) is 50.4 Å². The number of nitrogens with zero attached hydrogens (tertiary/aromatic N) is 2. The lowest BCUT2D eigenvalue weighted by atomic mass is 9.73. The van der Waals surface area contributed by atoms with Crippen LogP contribution in [0.5, 0.6) is 5.75 Å². The van der Waals surface area contributed by atoms with Crippen LogP contribution in [0.3, 0.4) is 0 Å². The summed E-state index contributed by atoms with van der Waals surface area (Å²) in [7, 11) is 0. The van der Waals surface area contributed by atoms with E-state index < -0.39 is 0 Å². The predicted molar refractivity (Wildman–Crippen MR) is 108 cm³/mol. The summed E-state index contributed by atoms with van der Waals surface area (Å²) in [5, 5.41) is 3.08. The molecule has 3 aliphatic heterocycles. The molecule has 1 aromatic carbocycles. The largest absolute Gasteiger partial charge is 0.484 e. The SMILES string of the molecule is O=C(COc1ccccc1)NC[C@H]1[C@H]2CN(Cc3ccncc3)C[C@]23CC[C@H]1O3. The van der Waals surface area contributed by atoms with Gasteiger partial charge in [-0.1, -0.05) is 18.2 Å². The van der Waals surface area contributed by atoms with Crippen LogP contribution < -0.4 is 10.1 Å². The van der Waals surface area contributed by atoms with Crippen molar-refractivity contribution < 1.29 is 14.3 Å². The van der Waals surface area contributed by atoms with Crippen molar-refractivity contribution in [2.75, 3.05) is 26.2 Å². The Morgan fingerprint density at radius 1 is 1.24 bits per heavy atom. The summed E-state index contributed by atoms with van der Waals surface area (Å²) in [6.07, 6.45) is 6.21. The van der Waals surface area contributed by atoms with E-state index in [0.29, 0.717) is 24.1 Å². The summed E-state index contributed by atoms with van der Waals surface area (Å²) in [5.74, 6) is 1.51. The van der Waals surface area contributed by atoms with Gasteiger partial charge in [-0.2, -0.15) is 0 Å². The summed E-state index contributed by atoms with van der Waals surface area (Å²) in [6, 6.07) is 13.6. The predicted octanol–water partition coefficient (Wildman–Crippen LogP) is 2.26. The molecular weight excluding hydrogens is 366 g/mol. The molecule has 5 rings (SSSR count). The minimum Gasteiger partial charge on any atom is -0.484 e. The monoisotopic (exact) mass is 393 g/mol. The number of hydrogen-bond acceptors (Lipinski definition) is 5. The Morgan fingerprint density at radius 3 is 2.90 bits per heavy atom. The molecule has 2 bridgehead atoms. The molecule has 3 saturated heterocycles. The normalized spacial score (nSPS) is 30.3. The van der Waals surface area contributed by atoms with E-state index in [2.05, 4.69) is 27.3 Å². The number of amides is 1. The third-order valence-electron chi connectivity index (χ3n) is 6.66. The number of aromatic nitrogens is 1. The zero-order valence-electron chi connectivity index (χ0n) is 16.5. The van der Waals surface area contributed by atoms with Crippen LogP contribution in [0.4, 0.5) is 0 Å². The zero-order valence-corrected chi connectivity index (χ0v) is 16.5. The lowest BCUT2D eigenvalue weighted by Gasteiger charge is -2.29. The summed E-state index contributed by atoms with van der Waals surface area (Å²) in [5.41, 5.74) is 1.27. The van der Waals surface area contributed by atoms with E-state index in [4.69, 9.17) is 9.47 Å². The molecule has 3 fully saturated rings. The quantitative estimate of drug-likeness (QED) is 0.782. The van der Waals surface area contributed by atoms with Gasteiger partial charge in [-0.3, -0.25) is 14.7 Å². The maximum absolute atomic E-state index is 12.3. The lowest BCUT2D eigenvalue weighted by Crippen LogP contribution is -2.42. The van der Waals surface area contributed by atoms with E-state index in [0.717, 1.165) is 32.5 Å². The van der Waals surface area contributed by atoms with Crippen LogP contribution >= 0.6 is 0 Å². The van der Waals surface area contributed by atoms with Crippen molar-refractivity contribution >= 4 is 5.91 Å². The van der Waals surface area contributed by atoms with Crippen molar-refractivity contribution in [1.29, 1.82) is 0 Å². The number of benzene rings is 1. The molecule has 0 unspecified atom stereocenters. The summed E-state index contributed by atoms with van der Waals surface area (Å²) in [4.78, 5) is 18.9. The minimum atomic E-state index is -0.0719. The maximum atomic E-state index is 12.3. The second-order valence-corrected chi connectivity index (χ2v) is 8.46. The number of hydrogen-bond donors (Lipinski definition) is 1. The van der Waals surface area contributed by atoms with Crippen LogP contribution in [-0.2, 0) is 16.1 Å². The fourth-order valence-electron chi connectivity index (χ4n) is 5.37. The van der Waals surface area contributed by atoms with Crippen LogP contribution in [0.1, 0.15) is 18.4 Å². The van der Waals surface area contributed by atoms with Gasteiger partial charge in [-0.25, -0.2) is 0 Å². The Balaban J connectivity index is 1.16. The van der Waals surface area contributed by atoms with Gasteiger partial charge in [0.2, 0.25) is 0 Å². The lowest BCUT2D eigenvalue weighted by molar-refractivity contribution is -0.123. The molecule has 1 spiro atoms. The highest BCUT2D eigenvalue weighted by atomic mass is 16.5. The van der Waals surface area contributed by atoms with E-state index in [-0.39, 0.29) is 24.2 Å². The molecule has 29 heavy (non-hydrogen) atoms. The molecule has 0 saturated carbocycles. The Hall–Kier alpha value is -2.44. The molecule has 152 valence electrons. The number of carbonyl (C=O) groups excluding carboxylic acids is 1. The summed E-state index contributed by atoms with van der Waals surface area (Å²) >= 11 is 0. The van der Waals surface area contributed by atoms with Gasteiger partial charge in [0.05, 0.1) is 11.7 Å². The van der Waals surface area contributed by atoms with Gasteiger partial charge < -0.3 is 14.8 Å². The van der Waals surface area contributed by atoms with Crippen LogP contribution in [0.15, 0.2) is 54.9 Å². The van der Waals surface area contributed by atoms with Crippen molar-refractivity contribution in [2.45, 2.75) is 31.1 Å². The molecule has 1 N–H and O–H groups in total. The fraction of sp³-hybridized carbons (Fsp3) is 0.478. The zero-order chi connectivity index (χ0) is 19.7. The van der Waals surface area contributed by atoms with E-state index in [1.807, 2.05) is 42.7 Å². The number of likely N-dealkylation sites (tertiary alicyclic amines) is 1. The molecule has 0 radical (unpaired) electrons. The molecule has 0 aliphatic carbocycles. The molecule has 2 aromatic rings. The van der Waals surface area contributed by atoms with E-state index >= 15 is 0 Å². The third-order valence-corrected chi connectivity index (χ3v) is 6.66. The van der Waals surface area contributed by atoms with Gasteiger partial charge in [-0.15, -0.1) is 0 Å². The van der Waals surface area contributed by atoms with E-state index in [9.17, 15) is 4.79 Å². The first-order valence-corrected chi connectivity index (χ1v) is 10.5. The Bertz CT molecular complexity index is 847. The van der Waals surface area contributed by atoms with Crippen LogP contribution in [0, 0.1) is 11.8 Å². The average Bonchev–Trinajstić information content (AvgIpc) is 3.40. The molecule has 1 aromatic heterocycles. The van der Waals surface area contributed by atoms with E-state index in [1.54, 1.807) is 0 Å².